The van der Waals surface area contributed by atoms with E-state index in [4.69, 9.17) is 9.47 Å². The molecular formula is C16H14O4. The van der Waals surface area contributed by atoms with Gasteiger partial charge in [0.15, 0.2) is 11.5 Å². The second-order valence-corrected chi connectivity index (χ2v) is 4.62. The summed E-state index contributed by atoms with van der Waals surface area (Å²) < 4.78 is 10.5. The van der Waals surface area contributed by atoms with E-state index in [0.717, 1.165) is 23.0 Å². The fourth-order valence-corrected chi connectivity index (χ4v) is 2.85. The van der Waals surface area contributed by atoms with Gasteiger partial charge in [-0.15, -0.1) is 0 Å². The van der Waals surface area contributed by atoms with Crippen LogP contribution in [0.15, 0.2) is 30.3 Å². The molecule has 0 heterocycles. The third-order valence-corrected chi connectivity index (χ3v) is 3.73. The SMILES string of the molecule is COc1ccc2c(c1O)-c1cccc(OC)c1C2C=O. The van der Waals surface area contributed by atoms with Crippen molar-refractivity contribution in [1.29, 1.82) is 0 Å². The summed E-state index contributed by atoms with van der Waals surface area (Å²) in [5, 5.41) is 10.4. The number of rotatable bonds is 3. The molecule has 0 aliphatic heterocycles. The van der Waals surface area contributed by atoms with Gasteiger partial charge in [0.05, 0.1) is 20.1 Å². The van der Waals surface area contributed by atoms with Crippen molar-refractivity contribution in [2.75, 3.05) is 14.2 Å². The number of phenols is 1. The van der Waals surface area contributed by atoms with Crippen LogP contribution in [0.4, 0.5) is 0 Å². The average Bonchev–Trinajstić information content (AvgIpc) is 2.81. The second-order valence-electron chi connectivity index (χ2n) is 4.62. The van der Waals surface area contributed by atoms with Crippen LogP contribution in [0, 0.1) is 0 Å². The number of aromatic hydroxyl groups is 1. The van der Waals surface area contributed by atoms with Crippen LogP contribution in [-0.4, -0.2) is 25.6 Å². The topological polar surface area (TPSA) is 55.8 Å². The summed E-state index contributed by atoms with van der Waals surface area (Å²) >= 11 is 0. The van der Waals surface area contributed by atoms with Crippen LogP contribution in [0.5, 0.6) is 17.2 Å². The Bertz CT molecular complexity index is 691. The number of fused-ring (bicyclic) bond motifs is 3. The van der Waals surface area contributed by atoms with E-state index in [-0.39, 0.29) is 5.75 Å². The minimum Gasteiger partial charge on any atom is -0.504 e. The van der Waals surface area contributed by atoms with Gasteiger partial charge >= 0.3 is 0 Å². The molecule has 4 heteroatoms. The van der Waals surface area contributed by atoms with Crippen molar-refractivity contribution >= 4 is 6.29 Å². The first-order valence-corrected chi connectivity index (χ1v) is 6.25. The highest BCUT2D eigenvalue weighted by atomic mass is 16.5. The largest absolute Gasteiger partial charge is 0.504 e. The van der Waals surface area contributed by atoms with Crippen molar-refractivity contribution in [1.82, 2.24) is 0 Å². The van der Waals surface area contributed by atoms with E-state index >= 15 is 0 Å². The van der Waals surface area contributed by atoms with Crippen molar-refractivity contribution < 1.29 is 19.4 Å². The lowest BCUT2D eigenvalue weighted by Gasteiger charge is -2.10. The molecule has 3 rings (SSSR count). The molecule has 0 amide bonds. The van der Waals surface area contributed by atoms with E-state index in [1.807, 2.05) is 24.3 Å². The number of hydrogen-bond acceptors (Lipinski definition) is 4. The number of carbonyl (C=O) groups is 1. The summed E-state index contributed by atoms with van der Waals surface area (Å²) in [7, 11) is 3.07. The van der Waals surface area contributed by atoms with Gasteiger partial charge in [0.2, 0.25) is 0 Å². The van der Waals surface area contributed by atoms with E-state index < -0.39 is 5.92 Å². The van der Waals surface area contributed by atoms with Gasteiger partial charge in [-0.1, -0.05) is 18.2 Å². The molecule has 1 aliphatic carbocycles. The third-order valence-electron chi connectivity index (χ3n) is 3.73. The normalized spacial score (nSPS) is 15.4. The van der Waals surface area contributed by atoms with Gasteiger partial charge in [0.25, 0.3) is 0 Å². The maximum Gasteiger partial charge on any atom is 0.165 e. The van der Waals surface area contributed by atoms with Crippen LogP contribution < -0.4 is 9.47 Å². The maximum atomic E-state index is 11.5. The fraction of sp³-hybridized carbons (Fsp3) is 0.188. The highest BCUT2D eigenvalue weighted by Gasteiger charge is 2.34. The Balaban J connectivity index is 2.36. The first kappa shape index (κ1) is 12.5. The standard InChI is InChI=1S/C16H14O4/c1-19-12-5-3-4-10-14(12)11(8-17)9-6-7-13(20-2)16(18)15(9)10/h3-8,11,18H,1-2H3. The van der Waals surface area contributed by atoms with Crippen LogP contribution >= 0.6 is 0 Å². The number of aldehydes is 1. The van der Waals surface area contributed by atoms with E-state index in [1.165, 1.54) is 7.11 Å². The molecule has 4 nitrogen and oxygen atoms in total. The molecule has 1 unspecified atom stereocenters. The summed E-state index contributed by atoms with van der Waals surface area (Å²) in [4.78, 5) is 11.5. The molecule has 0 bridgehead atoms. The first-order chi connectivity index (χ1) is 9.72. The van der Waals surface area contributed by atoms with Gasteiger partial charge in [0.1, 0.15) is 12.0 Å². The van der Waals surface area contributed by atoms with E-state index in [1.54, 1.807) is 13.2 Å². The molecule has 0 saturated carbocycles. The molecular weight excluding hydrogens is 256 g/mol. The zero-order valence-corrected chi connectivity index (χ0v) is 11.2. The van der Waals surface area contributed by atoms with Gasteiger partial charge in [-0.3, -0.25) is 0 Å². The smallest absolute Gasteiger partial charge is 0.165 e. The van der Waals surface area contributed by atoms with Crippen LogP contribution in [0.1, 0.15) is 17.0 Å². The minimum atomic E-state index is -0.423. The number of methoxy groups -OCH3 is 2. The van der Waals surface area contributed by atoms with Gasteiger partial charge in [-0.2, -0.15) is 0 Å². The summed E-state index contributed by atoms with van der Waals surface area (Å²) in [6, 6.07) is 9.01. The van der Waals surface area contributed by atoms with Gasteiger partial charge < -0.3 is 19.4 Å². The second kappa shape index (κ2) is 4.56. The molecule has 2 aromatic carbocycles. The van der Waals surface area contributed by atoms with E-state index in [2.05, 4.69) is 0 Å². The Kier molecular flexibility index (Phi) is 2.86. The van der Waals surface area contributed by atoms with Crippen LogP contribution in [0.3, 0.4) is 0 Å². The van der Waals surface area contributed by atoms with Crippen molar-refractivity contribution in [3.63, 3.8) is 0 Å². The molecule has 0 saturated heterocycles. The van der Waals surface area contributed by atoms with Crippen LogP contribution in [-0.2, 0) is 4.79 Å². The predicted octanol–water partition coefficient (Wildman–Crippen LogP) is 2.72. The number of phenolic OH excluding ortho intramolecular Hbond substituents is 1. The number of carbonyl (C=O) groups excluding carboxylic acids is 1. The van der Waals surface area contributed by atoms with Crippen LogP contribution in [0.2, 0.25) is 0 Å². The molecule has 102 valence electrons. The van der Waals surface area contributed by atoms with Crippen molar-refractivity contribution in [3.8, 4) is 28.4 Å². The number of hydrogen-bond donors (Lipinski definition) is 1. The maximum absolute atomic E-state index is 11.5. The van der Waals surface area contributed by atoms with Crippen molar-refractivity contribution in [2.45, 2.75) is 5.92 Å². The Hall–Kier alpha value is -2.49. The first-order valence-electron chi connectivity index (χ1n) is 6.25. The lowest BCUT2D eigenvalue weighted by atomic mass is 9.98. The lowest BCUT2D eigenvalue weighted by Crippen LogP contribution is -2.00. The Morgan fingerprint density at radius 2 is 1.85 bits per heavy atom. The van der Waals surface area contributed by atoms with Gasteiger partial charge in [-0.25, -0.2) is 0 Å². The number of benzene rings is 2. The summed E-state index contributed by atoms with van der Waals surface area (Å²) in [5.41, 5.74) is 3.03. The third kappa shape index (κ3) is 1.51. The molecule has 0 spiro atoms. The average molecular weight is 270 g/mol. The molecule has 1 N–H and O–H groups in total. The Morgan fingerprint density at radius 1 is 1.10 bits per heavy atom. The van der Waals surface area contributed by atoms with E-state index in [9.17, 15) is 9.90 Å². The zero-order chi connectivity index (χ0) is 14.3. The fourth-order valence-electron chi connectivity index (χ4n) is 2.85. The highest BCUT2D eigenvalue weighted by Crippen LogP contribution is 2.53. The molecule has 1 aliphatic rings. The lowest BCUT2D eigenvalue weighted by molar-refractivity contribution is -0.108. The monoisotopic (exact) mass is 270 g/mol. The Labute approximate surface area is 116 Å². The molecule has 1 atom stereocenters. The molecule has 2 aromatic rings. The summed E-state index contributed by atoms with van der Waals surface area (Å²) in [5.74, 6) is 0.676. The predicted molar refractivity (Wildman–Crippen MR) is 74.6 cm³/mol. The van der Waals surface area contributed by atoms with Crippen molar-refractivity contribution in [3.05, 3.63) is 41.5 Å². The van der Waals surface area contributed by atoms with Crippen molar-refractivity contribution in [2.24, 2.45) is 0 Å². The minimum absolute atomic E-state index is 0.0591. The Morgan fingerprint density at radius 3 is 2.50 bits per heavy atom. The molecule has 20 heavy (non-hydrogen) atoms. The summed E-state index contributed by atoms with van der Waals surface area (Å²) in [6.45, 7) is 0. The molecule has 0 fully saturated rings. The zero-order valence-electron chi connectivity index (χ0n) is 11.2. The van der Waals surface area contributed by atoms with Crippen LogP contribution in [0.25, 0.3) is 11.1 Å². The number of ether oxygens (including phenoxy) is 2. The molecule has 0 radical (unpaired) electrons. The van der Waals surface area contributed by atoms with Gasteiger partial charge in [0, 0.05) is 11.1 Å². The quantitative estimate of drug-likeness (QED) is 0.871. The highest BCUT2D eigenvalue weighted by molar-refractivity contribution is 5.93. The van der Waals surface area contributed by atoms with Gasteiger partial charge in [-0.05, 0) is 23.3 Å². The van der Waals surface area contributed by atoms with E-state index in [0.29, 0.717) is 17.1 Å². The molecule has 0 aromatic heterocycles. The summed E-state index contributed by atoms with van der Waals surface area (Å²) in [6.07, 6.45) is 0.874.